The molecule has 0 radical (unpaired) electrons. The largest absolute Gasteiger partial charge is 0.497 e. The van der Waals surface area contributed by atoms with Gasteiger partial charge in [-0.15, -0.1) is 0 Å². The van der Waals surface area contributed by atoms with Gasteiger partial charge in [-0.1, -0.05) is 12.1 Å². The van der Waals surface area contributed by atoms with Crippen molar-refractivity contribution in [3.63, 3.8) is 0 Å². The topological polar surface area (TPSA) is 82.1 Å². The van der Waals surface area contributed by atoms with Crippen molar-refractivity contribution in [2.75, 3.05) is 34.4 Å². The van der Waals surface area contributed by atoms with Crippen LogP contribution in [-0.2, 0) is 21.1 Å². The number of likely N-dealkylation sites (tertiary alicyclic amines) is 1. The molecular weight excluding hydrogens is 406 g/mol. The van der Waals surface area contributed by atoms with Gasteiger partial charge in [0.05, 0.1) is 37.0 Å². The first-order chi connectivity index (χ1) is 14.4. The zero-order chi connectivity index (χ0) is 21.7. The molecule has 7 nitrogen and oxygen atoms in total. The zero-order valence-electron chi connectivity index (χ0n) is 17.5. The lowest BCUT2D eigenvalue weighted by atomic mass is 10.1. The number of ether oxygens (including phenoxy) is 3. The first kappa shape index (κ1) is 22.1. The number of methoxy groups -OCH3 is 3. The molecule has 1 saturated heterocycles. The predicted molar refractivity (Wildman–Crippen MR) is 113 cm³/mol. The van der Waals surface area contributed by atoms with Gasteiger partial charge in [0.2, 0.25) is 0 Å². The zero-order valence-corrected chi connectivity index (χ0v) is 18.3. The van der Waals surface area contributed by atoms with Gasteiger partial charge in [-0.3, -0.25) is 4.90 Å². The Balaban J connectivity index is 1.71. The van der Waals surface area contributed by atoms with Crippen LogP contribution in [0, 0.1) is 0 Å². The maximum absolute atomic E-state index is 13.2. The van der Waals surface area contributed by atoms with Gasteiger partial charge in [-0.25, -0.2) is 13.2 Å². The third-order valence-corrected chi connectivity index (χ3v) is 7.71. The molecule has 0 aromatic heterocycles. The second-order valence-corrected chi connectivity index (χ2v) is 9.43. The van der Waals surface area contributed by atoms with Gasteiger partial charge in [-0.2, -0.15) is 0 Å². The number of rotatable bonds is 7. The highest BCUT2D eigenvalue weighted by Gasteiger charge is 2.34. The SMILES string of the molecule is COC(=O)c1ccccc1S(=O)(=O)C1CCN(Cc2cc(OC)cc(OC)c2)CC1. The Bertz CT molecular complexity index is 974. The van der Waals surface area contributed by atoms with Crippen molar-refractivity contribution in [3.8, 4) is 11.5 Å². The second-order valence-electron chi connectivity index (χ2n) is 7.23. The molecule has 3 rings (SSSR count). The van der Waals surface area contributed by atoms with Crippen molar-refractivity contribution < 1.29 is 27.4 Å². The number of carbonyl (C=O) groups excluding carboxylic acids is 1. The number of esters is 1. The second kappa shape index (κ2) is 9.49. The highest BCUT2D eigenvalue weighted by Crippen LogP contribution is 2.29. The van der Waals surface area contributed by atoms with Crippen LogP contribution in [0.25, 0.3) is 0 Å². The van der Waals surface area contributed by atoms with Gasteiger partial charge in [0, 0.05) is 12.6 Å². The summed E-state index contributed by atoms with van der Waals surface area (Å²) in [5, 5.41) is -0.528. The van der Waals surface area contributed by atoms with E-state index in [2.05, 4.69) is 4.90 Å². The first-order valence-electron chi connectivity index (χ1n) is 9.74. The minimum absolute atomic E-state index is 0.0489. The minimum Gasteiger partial charge on any atom is -0.497 e. The van der Waals surface area contributed by atoms with Crippen molar-refractivity contribution in [1.29, 1.82) is 0 Å². The highest BCUT2D eigenvalue weighted by atomic mass is 32.2. The number of carbonyl (C=O) groups is 1. The van der Waals surface area contributed by atoms with Gasteiger partial charge in [0.25, 0.3) is 0 Å². The van der Waals surface area contributed by atoms with E-state index in [4.69, 9.17) is 14.2 Å². The fourth-order valence-electron chi connectivity index (χ4n) is 3.77. The fraction of sp³-hybridized carbons (Fsp3) is 0.409. The molecule has 0 aliphatic carbocycles. The molecule has 0 spiro atoms. The maximum Gasteiger partial charge on any atom is 0.339 e. The molecule has 1 aliphatic rings. The Morgan fingerprint density at radius 2 is 1.60 bits per heavy atom. The predicted octanol–water partition coefficient (Wildman–Crippen LogP) is 2.93. The summed E-state index contributed by atoms with van der Waals surface area (Å²) in [6.07, 6.45) is 0.998. The summed E-state index contributed by atoms with van der Waals surface area (Å²) in [6, 6.07) is 12.0. The van der Waals surface area contributed by atoms with E-state index >= 15 is 0 Å². The first-order valence-corrected chi connectivity index (χ1v) is 11.3. The van der Waals surface area contributed by atoms with E-state index in [1.54, 1.807) is 26.4 Å². The van der Waals surface area contributed by atoms with Crippen molar-refractivity contribution in [1.82, 2.24) is 4.90 Å². The van der Waals surface area contributed by atoms with Crippen LogP contribution in [0.4, 0.5) is 0 Å². The molecule has 0 unspecified atom stereocenters. The van der Waals surface area contributed by atoms with Gasteiger partial charge in [-0.05, 0) is 55.8 Å². The molecule has 0 amide bonds. The van der Waals surface area contributed by atoms with Crippen LogP contribution in [0.15, 0.2) is 47.4 Å². The average molecular weight is 434 g/mol. The number of hydrogen-bond donors (Lipinski definition) is 0. The Hall–Kier alpha value is -2.58. The molecule has 8 heteroatoms. The normalized spacial score (nSPS) is 15.6. The van der Waals surface area contributed by atoms with Crippen LogP contribution in [0.3, 0.4) is 0 Å². The van der Waals surface area contributed by atoms with Gasteiger partial charge in [0.1, 0.15) is 11.5 Å². The minimum atomic E-state index is -3.63. The van der Waals surface area contributed by atoms with Crippen LogP contribution in [0.2, 0.25) is 0 Å². The number of hydrogen-bond acceptors (Lipinski definition) is 7. The molecule has 0 saturated carbocycles. The van der Waals surface area contributed by atoms with Crippen molar-refractivity contribution in [2.45, 2.75) is 29.5 Å². The molecule has 0 bridgehead atoms. The number of piperidine rings is 1. The summed E-state index contributed by atoms with van der Waals surface area (Å²) >= 11 is 0. The molecule has 30 heavy (non-hydrogen) atoms. The molecular formula is C22H27NO6S. The quantitative estimate of drug-likeness (QED) is 0.621. The van der Waals surface area contributed by atoms with Crippen molar-refractivity contribution in [3.05, 3.63) is 53.6 Å². The molecule has 162 valence electrons. The van der Waals surface area contributed by atoms with E-state index in [9.17, 15) is 13.2 Å². The lowest BCUT2D eigenvalue weighted by Gasteiger charge is -2.32. The van der Waals surface area contributed by atoms with E-state index in [0.29, 0.717) is 32.5 Å². The van der Waals surface area contributed by atoms with E-state index in [-0.39, 0.29) is 10.5 Å². The summed E-state index contributed by atoms with van der Waals surface area (Å²) < 4.78 is 41.8. The maximum atomic E-state index is 13.2. The number of benzene rings is 2. The van der Waals surface area contributed by atoms with Crippen LogP contribution in [0.1, 0.15) is 28.8 Å². The molecule has 0 atom stereocenters. The third kappa shape index (κ3) is 4.76. The van der Waals surface area contributed by atoms with E-state index < -0.39 is 21.1 Å². The molecule has 2 aromatic rings. The Labute approximate surface area is 177 Å². The fourth-order valence-corrected chi connectivity index (χ4v) is 5.68. The third-order valence-electron chi connectivity index (χ3n) is 5.39. The van der Waals surface area contributed by atoms with E-state index in [1.807, 2.05) is 18.2 Å². The van der Waals surface area contributed by atoms with Crippen LogP contribution in [-0.4, -0.2) is 59.0 Å². The van der Waals surface area contributed by atoms with Crippen LogP contribution < -0.4 is 9.47 Å². The van der Waals surface area contributed by atoms with Crippen molar-refractivity contribution >= 4 is 15.8 Å². The summed E-state index contributed by atoms with van der Waals surface area (Å²) in [6.45, 7) is 1.96. The smallest absolute Gasteiger partial charge is 0.339 e. The summed E-state index contributed by atoms with van der Waals surface area (Å²) in [5.74, 6) is 0.807. The van der Waals surface area contributed by atoms with Crippen LogP contribution in [0.5, 0.6) is 11.5 Å². The lowest BCUT2D eigenvalue weighted by molar-refractivity contribution is 0.0596. The highest BCUT2D eigenvalue weighted by molar-refractivity contribution is 7.92. The van der Waals surface area contributed by atoms with Crippen molar-refractivity contribution in [2.24, 2.45) is 0 Å². The molecule has 1 aliphatic heterocycles. The van der Waals surface area contributed by atoms with Gasteiger partial charge < -0.3 is 14.2 Å². The molecule has 2 aromatic carbocycles. The molecule has 1 heterocycles. The molecule has 0 N–H and O–H groups in total. The summed E-state index contributed by atoms with van der Waals surface area (Å²) in [4.78, 5) is 14.3. The number of sulfone groups is 1. The Kier molecular flexibility index (Phi) is 6.99. The van der Waals surface area contributed by atoms with E-state index in [1.165, 1.54) is 19.2 Å². The summed E-state index contributed by atoms with van der Waals surface area (Å²) in [7, 11) is 0.839. The monoisotopic (exact) mass is 433 g/mol. The Morgan fingerprint density at radius 1 is 1.00 bits per heavy atom. The standard InChI is InChI=1S/C22H27NO6S/c1-27-17-12-16(13-18(14-17)28-2)15-23-10-8-19(9-11-23)30(25,26)21-7-5-4-6-20(21)22(24)29-3/h4-7,12-14,19H,8-11,15H2,1-3H3. The van der Waals surface area contributed by atoms with Gasteiger partial charge in [0.15, 0.2) is 9.84 Å². The van der Waals surface area contributed by atoms with Gasteiger partial charge >= 0.3 is 5.97 Å². The summed E-state index contributed by atoms with van der Waals surface area (Å²) in [5.41, 5.74) is 1.13. The van der Waals surface area contributed by atoms with E-state index in [0.717, 1.165) is 17.1 Å². The molecule has 1 fully saturated rings. The number of nitrogens with zero attached hydrogens (tertiary/aromatic N) is 1. The lowest BCUT2D eigenvalue weighted by Crippen LogP contribution is -2.39. The Morgan fingerprint density at radius 3 is 2.17 bits per heavy atom. The average Bonchev–Trinajstić information content (AvgIpc) is 2.78. The van der Waals surface area contributed by atoms with Crippen LogP contribution >= 0.6 is 0 Å².